The topological polar surface area (TPSA) is 81.7 Å². The minimum atomic E-state index is -3.49. The van der Waals surface area contributed by atoms with Crippen LogP contribution in [0.5, 0.6) is 0 Å². The van der Waals surface area contributed by atoms with Crippen LogP contribution in [0.25, 0.3) is 0 Å². The summed E-state index contributed by atoms with van der Waals surface area (Å²) in [5, 5.41) is 2.64. The average Bonchev–Trinajstić information content (AvgIpc) is 2.43. The number of aryl methyl sites for hydroxylation is 1. The molecule has 0 saturated carbocycles. The minimum Gasteiger partial charge on any atom is -0.444 e. The number of amides is 1. The molecule has 1 unspecified atom stereocenters. The third-order valence-corrected chi connectivity index (χ3v) is 6.44. The highest BCUT2D eigenvalue weighted by atomic mass is 33.1. The van der Waals surface area contributed by atoms with E-state index in [1.165, 1.54) is 7.11 Å². The number of alkyl carbamates (subject to hydrolysis) is 1. The van der Waals surface area contributed by atoms with Crippen LogP contribution >= 0.6 is 10.8 Å². The molecule has 0 aromatic heterocycles. The lowest BCUT2D eigenvalue weighted by Gasteiger charge is -2.23. The van der Waals surface area contributed by atoms with Crippen molar-refractivity contribution >= 4 is 25.8 Å². The summed E-state index contributed by atoms with van der Waals surface area (Å²) in [6.45, 7) is 7.36. The maximum absolute atomic E-state index is 12.3. The number of hydrogen-bond acceptors (Lipinski definition) is 6. The lowest BCUT2D eigenvalue weighted by Crippen LogP contribution is -2.43. The summed E-state index contributed by atoms with van der Waals surface area (Å²) in [7, 11) is -1.24. The highest BCUT2D eigenvalue weighted by Gasteiger charge is 2.22. The van der Waals surface area contributed by atoms with Crippen molar-refractivity contribution in [3.05, 3.63) is 29.8 Å². The summed E-state index contributed by atoms with van der Waals surface area (Å²) >= 11 is 0. The Morgan fingerprint density at radius 3 is 2.33 bits per heavy atom. The van der Waals surface area contributed by atoms with Crippen molar-refractivity contribution in [2.24, 2.45) is 0 Å². The molecule has 0 heterocycles. The first-order valence-electron chi connectivity index (χ1n) is 7.48. The Morgan fingerprint density at radius 1 is 1.25 bits per heavy atom. The zero-order chi connectivity index (χ0) is 18.4. The van der Waals surface area contributed by atoms with E-state index >= 15 is 0 Å². The number of benzene rings is 1. The van der Waals surface area contributed by atoms with Gasteiger partial charge in [-0.25, -0.2) is 13.2 Å². The van der Waals surface area contributed by atoms with E-state index in [-0.39, 0.29) is 17.3 Å². The number of ether oxygens (including phenoxy) is 2. The molecule has 0 bridgehead atoms. The van der Waals surface area contributed by atoms with E-state index in [1.54, 1.807) is 45.0 Å². The van der Waals surface area contributed by atoms with Gasteiger partial charge in [0.15, 0.2) is 0 Å². The highest BCUT2D eigenvalue weighted by molar-refractivity contribution is 8.72. The molecule has 0 aliphatic carbocycles. The van der Waals surface area contributed by atoms with Crippen molar-refractivity contribution in [1.82, 2.24) is 5.32 Å². The molecule has 0 spiro atoms. The van der Waals surface area contributed by atoms with E-state index in [0.717, 1.165) is 16.4 Å². The molecule has 1 atom stereocenters. The van der Waals surface area contributed by atoms with E-state index in [1.807, 2.05) is 6.92 Å². The van der Waals surface area contributed by atoms with Gasteiger partial charge in [0.05, 0.1) is 17.5 Å². The van der Waals surface area contributed by atoms with Crippen LogP contribution in [-0.2, 0) is 18.3 Å². The Morgan fingerprint density at radius 2 is 1.83 bits per heavy atom. The zero-order valence-corrected chi connectivity index (χ0v) is 16.3. The van der Waals surface area contributed by atoms with Gasteiger partial charge in [-0.2, -0.15) is 0 Å². The molecule has 1 aromatic carbocycles. The molecule has 1 amide bonds. The highest BCUT2D eigenvalue weighted by Crippen LogP contribution is 2.24. The fourth-order valence-electron chi connectivity index (χ4n) is 1.75. The standard InChI is InChI=1S/C16H25NO5S2/c1-12-6-8-14(9-7-12)24(19,20)23-11-13(10-21-5)17-15(18)22-16(2,3)4/h6-9,13H,10-11H2,1-5H3,(H,17,18). The molecule has 0 saturated heterocycles. The first kappa shape index (κ1) is 20.8. The van der Waals surface area contributed by atoms with Crippen LogP contribution in [0.4, 0.5) is 4.79 Å². The van der Waals surface area contributed by atoms with Gasteiger partial charge in [-0.1, -0.05) is 17.7 Å². The van der Waals surface area contributed by atoms with Crippen LogP contribution in [0, 0.1) is 6.92 Å². The van der Waals surface area contributed by atoms with Gasteiger partial charge < -0.3 is 14.8 Å². The molecule has 1 aromatic rings. The molecule has 6 nitrogen and oxygen atoms in total. The molecule has 1 N–H and O–H groups in total. The largest absolute Gasteiger partial charge is 0.444 e. The third kappa shape index (κ3) is 7.55. The molecule has 136 valence electrons. The first-order chi connectivity index (χ1) is 11.0. The normalized spacial score (nSPS) is 13.4. The summed E-state index contributed by atoms with van der Waals surface area (Å²) in [6.07, 6.45) is -0.599. The van der Waals surface area contributed by atoms with Gasteiger partial charge in [-0.05, 0) is 50.6 Å². The van der Waals surface area contributed by atoms with Crippen molar-refractivity contribution < 1.29 is 22.7 Å². The monoisotopic (exact) mass is 375 g/mol. The fraction of sp³-hybridized carbons (Fsp3) is 0.562. The van der Waals surface area contributed by atoms with Crippen LogP contribution < -0.4 is 5.32 Å². The summed E-state index contributed by atoms with van der Waals surface area (Å²) in [6, 6.07) is 6.17. The van der Waals surface area contributed by atoms with E-state index in [0.29, 0.717) is 0 Å². The Kier molecular flexibility index (Phi) is 7.56. The third-order valence-electron chi connectivity index (χ3n) is 2.82. The van der Waals surface area contributed by atoms with Crippen molar-refractivity contribution in [1.29, 1.82) is 0 Å². The number of nitrogens with one attached hydrogen (secondary N) is 1. The second-order valence-electron chi connectivity index (χ2n) is 6.35. The summed E-state index contributed by atoms with van der Waals surface area (Å²) < 4.78 is 34.9. The van der Waals surface area contributed by atoms with E-state index in [2.05, 4.69) is 5.32 Å². The van der Waals surface area contributed by atoms with Crippen molar-refractivity contribution in [2.45, 2.75) is 44.2 Å². The smallest absolute Gasteiger partial charge is 0.407 e. The van der Waals surface area contributed by atoms with Crippen molar-refractivity contribution in [2.75, 3.05) is 19.5 Å². The Labute approximate surface area is 147 Å². The fourth-order valence-corrected chi connectivity index (χ4v) is 4.65. The van der Waals surface area contributed by atoms with E-state index in [9.17, 15) is 13.2 Å². The molecule has 0 aliphatic heterocycles. The second kappa shape index (κ2) is 8.73. The van der Waals surface area contributed by atoms with Gasteiger partial charge in [0.25, 0.3) is 0 Å². The predicted molar refractivity (Wildman–Crippen MR) is 95.9 cm³/mol. The van der Waals surface area contributed by atoms with Crippen LogP contribution in [0.2, 0.25) is 0 Å². The lowest BCUT2D eigenvalue weighted by molar-refractivity contribution is 0.0479. The summed E-state index contributed by atoms with van der Waals surface area (Å²) in [4.78, 5) is 12.1. The molecule has 24 heavy (non-hydrogen) atoms. The first-order valence-corrected chi connectivity index (χ1v) is 10.5. The van der Waals surface area contributed by atoms with Crippen LogP contribution in [0.1, 0.15) is 26.3 Å². The quantitative estimate of drug-likeness (QED) is 0.738. The van der Waals surface area contributed by atoms with Gasteiger partial charge in [-0.15, -0.1) is 0 Å². The molecule has 0 aliphatic rings. The van der Waals surface area contributed by atoms with E-state index < -0.39 is 26.6 Å². The van der Waals surface area contributed by atoms with Crippen LogP contribution in [-0.4, -0.2) is 45.6 Å². The molecule has 0 fully saturated rings. The maximum Gasteiger partial charge on any atom is 0.407 e. The van der Waals surface area contributed by atoms with Gasteiger partial charge in [0.1, 0.15) is 5.60 Å². The minimum absolute atomic E-state index is 0.156. The maximum atomic E-state index is 12.3. The molecule has 1 rings (SSSR count). The van der Waals surface area contributed by atoms with Gasteiger partial charge >= 0.3 is 6.09 Å². The van der Waals surface area contributed by atoms with Crippen molar-refractivity contribution in [3.8, 4) is 0 Å². The molecular formula is C16H25NO5S2. The number of rotatable bonds is 7. The van der Waals surface area contributed by atoms with Crippen LogP contribution in [0.15, 0.2) is 29.2 Å². The lowest BCUT2D eigenvalue weighted by atomic mass is 10.2. The SMILES string of the molecule is COCC(CSS(=O)(=O)c1ccc(C)cc1)NC(=O)OC(C)(C)C. The molecule has 0 radical (unpaired) electrons. The molecular weight excluding hydrogens is 350 g/mol. The van der Waals surface area contributed by atoms with Crippen LogP contribution in [0.3, 0.4) is 0 Å². The zero-order valence-electron chi connectivity index (χ0n) is 14.7. The molecule has 8 heteroatoms. The van der Waals surface area contributed by atoms with Gasteiger partial charge in [0, 0.05) is 12.9 Å². The Balaban J connectivity index is 2.68. The Hall–Kier alpha value is -1.25. The number of carbonyl (C=O) groups is 1. The summed E-state index contributed by atoms with van der Waals surface area (Å²) in [5.74, 6) is 0.156. The van der Waals surface area contributed by atoms with Gasteiger partial charge in [-0.3, -0.25) is 0 Å². The van der Waals surface area contributed by atoms with Crippen molar-refractivity contribution in [3.63, 3.8) is 0 Å². The number of methoxy groups -OCH3 is 1. The number of hydrogen-bond donors (Lipinski definition) is 1. The Bertz CT molecular complexity index is 635. The number of carbonyl (C=O) groups excluding carboxylic acids is 1. The van der Waals surface area contributed by atoms with Gasteiger partial charge in [0.2, 0.25) is 8.87 Å². The predicted octanol–water partition coefficient (Wildman–Crippen LogP) is 2.96. The average molecular weight is 376 g/mol. The van der Waals surface area contributed by atoms with E-state index in [4.69, 9.17) is 9.47 Å². The second-order valence-corrected chi connectivity index (χ2v) is 10.3. The summed E-state index contributed by atoms with van der Waals surface area (Å²) in [5.41, 5.74) is 0.367.